The van der Waals surface area contributed by atoms with E-state index in [4.69, 9.17) is 14.2 Å². The van der Waals surface area contributed by atoms with Crippen LogP contribution in [-0.2, 0) is 24.3 Å². The summed E-state index contributed by atoms with van der Waals surface area (Å²) < 4.78 is 43.0. The number of phenols is 1. The largest absolute Gasteiger partial charge is 0.507 e. The van der Waals surface area contributed by atoms with Crippen LogP contribution >= 0.6 is 22.6 Å². The molecule has 1 saturated heterocycles. The molecule has 0 spiro atoms. The Morgan fingerprint density at radius 3 is 2.59 bits per heavy atom. The van der Waals surface area contributed by atoms with Gasteiger partial charge in [-0.15, -0.1) is 0 Å². The van der Waals surface area contributed by atoms with Gasteiger partial charge in [0.1, 0.15) is 17.1 Å². The number of amides is 1. The summed E-state index contributed by atoms with van der Waals surface area (Å²) in [5.74, 6) is -1.63. The van der Waals surface area contributed by atoms with Gasteiger partial charge in [-0.3, -0.25) is 4.79 Å². The number of nitrogens with zero attached hydrogens (tertiary/aromatic N) is 1. The molecule has 1 aliphatic rings. The number of rotatable bonds is 7. The molecule has 0 bridgehead atoms. The van der Waals surface area contributed by atoms with E-state index in [2.05, 4.69) is 5.32 Å². The molecule has 1 heterocycles. The Labute approximate surface area is 198 Å². The zero-order valence-corrected chi connectivity index (χ0v) is 20.0. The number of hydrogen-bond donors (Lipinski definition) is 2. The Bertz CT molecular complexity index is 1120. The predicted octanol–water partition coefficient (Wildman–Crippen LogP) is 1.82. The standard InChI is InChI=1S/C20H21IN2O8S/c1-29-18-11-14(32(27,28)23-6-8-30-9-7-23)3-4-16(18)22-19(25)12-31-20(26)15-10-13(21)2-5-17(15)24/h2-5,10-11,24H,6-9,12H2,1H3,(H,22,25). The topological polar surface area (TPSA) is 131 Å². The maximum absolute atomic E-state index is 12.8. The Morgan fingerprint density at radius 1 is 1.19 bits per heavy atom. The van der Waals surface area contributed by atoms with E-state index in [0.29, 0.717) is 16.8 Å². The van der Waals surface area contributed by atoms with E-state index >= 15 is 0 Å². The summed E-state index contributed by atoms with van der Waals surface area (Å²) in [7, 11) is -2.39. The highest BCUT2D eigenvalue weighted by Crippen LogP contribution is 2.29. The van der Waals surface area contributed by atoms with Gasteiger partial charge in [0, 0.05) is 22.7 Å². The third kappa shape index (κ3) is 5.68. The number of anilines is 1. The quantitative estimate of drug-likeness (QED) is 0.377. The number of benzene rings is 2. The second-order valence-corrected chi connectivity index (χ2v) is 9.85. The molecule has 2 N–H and O–H groups in total. The molecule has 172 valence electrons. The molecule has 0 aliphatic carbocycles. The number of phenolic OH excluding ortho intramolecular Hbond substituents is 1. The first-order chi connectivity index (χ1) is 15.2. The lowest BCUT2D eigenvalue weighted by molar-refractivity contribution is -0.119. The number of esters is 1. The highest BCUT2D eigenvalue weighted by Gasteiger charge is 2.27. The molecule has 2 aromatic carbocycles. The zero-order valence-electron chi connectivity index (χ0n) is 17.0. The summed E-state index contributed by atoms with van der Waals surface area (Å²) >= 11 is 1.98. The van der Waals surface area contributed by atoms with Crippen molar-refractivity contribution in [3.8, 4) is 11.5 Å². The monoisotopic (exact) mass is 576 g/mol. The van der Waals surface area contributed by atoms with Crippen molar-refractivity contribution in [1.82, 2.24) is 4.31 Å². The molecular weight excluding hydrogens is 555 g/mol. The molecule has 0 aromatic heterocycles. The lowest BCUT2D eigenvalue weighted by Crippen LogP contribution is -2.40. The first kappa shape index (κ1) is 24.2. The average Bonchev–Trinajstić information content (AvgIpc) is 2.79. The van der Waals surface area contributed by atoms with E-state index in [1.165, 1.54) is 41.7 Å². The van der Waals surface area contributed by atoms with Crippen LogP contribution in [0.4, 0.5) is 5.69 Å². The van der Waals surface area contributed by atoms with Gasteiger partial charge in [0.2, 0.25) is 10.0 Å². The highest BCUT2D eigenvalue weighted by molar-refractivity contribution is 14.1. The summed E-state index contributed by atoms with van der Waals surface area (Å²) in [6, 6.07) is 8.49. The molecule has 32 heavy (non-hydrogen) atoms. The van der Waals surface area contributed by atoms with Crippen LogP contribution in [-0.4, -0.2) is 69.7 Å². The Hall–Kier alpha value is -2.42. The number of nitrogens with one attached hydrogen (secondary N) is 1. The van der Waals surface area contributed by atoms with Crippen molar-refractivity contribution in [1.29, 1.82) is 0 Å². The smallest absolute Gasteiger partial charge is 0.342 e. The third-order valence-corrected chi connectivity index (χ3v) is 7.13. The van der Waals surface area contributed by atoms with Crippen LogP contribution in [0.3, 0.4) is 0 Å². The SMILES string of the molecule is COc1cc(S(=O)(=O)N2CCOCC2)ccc1NC(=O)COC(=O)c1cc(I)ccc1O. The normalized spacial score (nSPS) is 14.6. The summed E-state index contributed by atoms with van der Waals surface area (Å²) in [6.07, 6.45) is 0. The van der Waals surface area contributed by atoms with Gasteiger partial charge in [-0.05, 0) is 52.9 Å². The fourth-order valence-electron chi connectivity index (χ4n) is 2.94. The fraction of sp³-hybridized carbons (Fsp3) is 0.300. The number of carbonyl (C=O) groups excluding carboxylic acids is 2. The maximum Gasteiger partial charge on any atom is 0.342 e. The number of hydrogen-bond acceptors (Lipinski definition) is 8. The minimum atomic E-state index is -3.73. The van der Waals surface area contributed by atoms with Gasteiger partial charge in [-0.25, -0.2) is 13.2 Å². The molecule has 1 amide bonds. The molecule has 0 unspecified atom stereocenters. The first-order valence-electron chi connectivity index (χ1n) is 9.44. The second kappa shape index (κ2) is 10.5. The van der Waals surface area contributed by atoms with Gasteiger partial charge in [0.05, 0.1) is 30.9 Å². The highest BCUT2D eigenvalue weighted by atomic mass is 127. The van der Waals surface area contributed by atoms with Crippen LogP contribution in [0.2, 0.25) is 0 Å². The molecule has 0 saturated carbocycles. The van der Waals surface area contributed by atoms with Crippen molar-refractivity contribution in [2.24, 2.45) is 0 Å². The van der Waals surface area contributed by atoms with Crippen LogP contribution in [0.25, 0.3) is 0 Å². The van der Waals surface area contributed by atoms with Crippen LogP contribution in [0.15, 0.2) is 41.3 Å². The van der Waals surface area contributed by atoms with E-state index < -0.39 is 28.5 Å². The van der Waals surface area contributed by atoms with Gasteiger partial charge in [0.15, 0.2) is 6.61 Å². The summed E-state index contributed by atoms with van der Waals surface area (Å²) in [6.45, 7) is 0.544. The molecule has 12 heteroatoms. The molecular formula is C20H21IN2O8S. The molecule has 10 nitrogen and oxygen atoms in total. The molecule has 3 rings (SSSR count). The maximum atomic E-state index is 12.8. The summed E-state index contributed by atoms with van der Waals surface area (Å²) in [5, 5.41) is 12.3. The Morgan fingerprint density at radius 2 is 1.91 bits per heavy atom. The lowest BCUT2D eigenvalue weighted by Gasteiger charge is -2.26. The first-order valence-corrected chi connectivity index (χ1v) is 12.0. The van der Waals surface area contributed by atoms with Crippen molar-refractivity contribution in [3.05, 3.63) is 45.5 Å². The minimum Gasteiger partial charge on any atom is -0.507 e. The van der Waals surface area contributed by atoms with Gasteiger partial charge < -0.3 is 24.6 Å². The number of ether oxygens (including phenoxy) is 3. The van der Waals surface area contributed by atoms with E-state index in [0.717, 1.165) is 0 Å². The number of aromatic hydroxyl groups is 1. The number of sulfonamides is 1. The molecule has 0 radical (unpaired) electrons. The van der Waals surface area contributed by atoms with Gasteiger partial charge in [-0.1, -0.05) is 0 Å². The average molecular weight is 576 g/mol. The molecule has 2 aromatic rings. The van der Waals surface area contributed by atoms with E-state index in [1.807, 2.05) is 22.6 Å². The predicted molar refractivity (Wildman–Crippen MR) is 122 cm³/mol. The number of methoxy groups -OCH3 is 1. The van der Waals surface area contributed by atoms with Gasteiger partial charge in [0.25, 0.3) is 5.91 Å². The molecule has 1 aliphatic heterocycles. The fourth-order valence-corrected chi connectivity index (χ4v) is 4.85. The second-order valence-electron chi connectivity index (χ2n) is 6.66. The van der Waals surface area contributed by atoms with Gasteiger partial charge in [-0.2, -0.15) is 4.31 Å². The van der Waals surface area contributed by atoms with Crippen molar-refractivity contribution >= 4 is 50.2 Å². The summed E-state index contributed by atoms with van der Waals surface area (Å²) in [4.78, 5) is 24.4. The van der Waals surface area contributed by atoms with E-state index in [9.17, 15) is 23.1 Å². The number of halogens is 1. The lowest BCUT2D eigenvalue weighted by atomic mass is 10.2. The van der Waals surface area contributed by atoms with E-state index in [-0.39, 0.29) is 40.7 Å². The Kier molecular flexibility index (Phi) is 7.92. The van der Waals surface area contributed by atoms with Crippen LogP contribution in [0, 0.1) is 3.57 Å². The Balaban J connectivity index is 1.67. The van der Waals surface area contributed by atoms with Crippen molar-refractivity contribution in [3.63, 3.8) is 0 Å². The molecule has 0 atom stereocenters. The third-order valence-electron chi connectivity index (χ3n) is 4.57. The van der Waals surface area contributed by atoms with Crippen LogP contribution < -0.4 is 10.1 Å². The molecule has 1 fully saturated rings. The summed E-state index contributed by atoms with van der Waals surface area (Å²) in [5.41, 5.74) is 0.159. The zero-order chi connectivity index (χ0) is 23.3. The van der Waals surface area contributed by atoms with Crippen molar-refractivity contribution in [2.75, 3.05) is 45.3 Å². The number of carbonyl (C=O) groups is 2. The van der Waals surface area contributed by atoms with Crippen LogP contribution in [0.1, 0.15) is 10.4 Å². The number of morpholine rings is 1. The minimum absolute atomic E-state index is 0.0230. The van der Waals surface area contributed by atoms with Crippen LogP contribution in [0.5, 0.6) is 11.5 Å². The van der Waals surface area contributed by atoms with E-state index in [1.54, 1.807) is 6.07 Å². The van der Waals surface area contributed by atoms with Crippen molar-refractivity contribution < 1.29 is 37.3 Å². The van der Waals surface area contributed by atoms with Crippen molar-refractivity contribution in [2.45, 2.75) is 4.90 Å². The van der Waals surface area contributed by atoms with Gasteiger partial charge >= 0.3 is 5.97 Å².